The molecule has 0 amide bonds. The highest BCUT2D eigenvalue weighted by Crippen LogP contribution is 2.47. The maximum atomic E-state index is 10.8. The number of rotatable bonds is 1. The first kappa shape index (κ1) is 16.6. The summed E-state index contributed by atoms with van der Waals surface area (Å²) in [4.78, 5) is 1.32. The Morgan fingerprint density at radius 3 is 2.84 bits per heavy atom. The molecule has 5 nitrogen and oxygen atoms in total. The summed E-state index contributed by atoms with van der Waals surface area (Å²) in [5, 5.41) is 10.8. The van der Waals surface area contributed by atoms with Crippen LogP contribution in [0.2, 0.25) is 0 Å². The zero-order valence-corrected chi connectivity index (χ0v) is 15.0. The molecule has 4 rings (SSSR count). The second-order valence-corrected chi connectivity index (χ2v) is 7.36. The number of hydrogen-bond acceptors (Lipinski definition) is 4. The molecule has 5 heteroatoms. The van der Waals surface area contributed by atoms with E-state index in [0.29, 0.717) is 5.75 Å². The summed E-state index contributed by atoms with van der Waals surface area (Å²) in [5.74, 6) is 8.78. The van der Waals surface area contributed by atoms with Crippen molar-refractivity contribution in [2.24, 2.45) is 0 Å². The minimum Gasteiger partial charge on any atom is -0.492 e. The molecule has 2 heterocycles. The van der Waals surface area contributed by atoms with Gasteiger partial charge in [-0.25, -0.2) is 0 Å². The summed E-state index contributed by atoms with van der Waals surface area (Å²) in [6.45, 7) is 1.22. The Labute approximate surface area is 148 Å². The number of ether oxygens (including phenoxy) is 3. The van der Waals surface area contributed by atoms with Gasteiger partial charge in [0.25, 0.3) is 0 Å². The molecule has 0 saturated heterocycles. The molecule has 2 atom stereocenters. The van der Waals surface area contributed by atoms with Gasteiger partial charge in [-0.1, -0.05) is 12.3 Å². The summed E-state index contributed by atoms with van der Waals surface area (Å²) in [6.07, 6.45) is 5.80. The van der Waals surface area contributed by atoms with E-state index in [-0.39, 0.29) is 12.8 Å². The van der Waals surface area contributed by atoms with Crippen molar-refractivity contribution in [1.29, 1.82) is 0 Å². The first-order chi connectivity index (χ1) is 12.1. The molecule has 2 aliphatic heterocycles. The third-order valence-corrected chi connectivity index (χ3v) is 5.65. The number of fused-ring (bicyclic) bond motifs is 2. The lowest BCUT2D eigenvalue weighted by molar-refractivity contribution is -0.905. The minimum atomic E-state index is -0.834. The van der Waals surface area contributed by atoms with Crippen molar-refractivity contribution in [2.75, 3.05) is 27.5 Å². The Kier molecular flexibility index (Phi) is 4.26. The van der Waals surface area contributed by atoms with E-state index in [1.165, 1.54) is 16.9 Å². The Balaban J connectivity index is 1.76. The number of hydrogen-bond donors (Lipinski definition) is 2. The molecule has 2 N–H and O–H groups in total. The SMILES string of the molecule is COc1c2c(cc3c1[C@@H](C#CC1(O)CCCCC1)[NH+](C)CC3)OCO2. The predicted molar refractivity (Wildman–Crippen MR) is 93.1 cm³/mol. The van der Waals surface area contributed by atoms with E-state index in [1.54, 1.807) is 7.11 Å². The number of methoxy groups -OCH3 is 1. The normalized spacial score (nSPS) is 26.4. The zero-order chi connectivity index (χ0) is 17.4. The first-order valence-electron chi connectivity index (χ1n) is 9.18. The summed E-state index contributed by atoms with van der Waals surface area (Å²) in [6, 6.07) is 2.04. The summed E-state index contributed by atoms with van der Waals surface area (Å²) in [5.41, 5.74) is 1.46. The van der Waals surface area contributed by atoms with Crippen LogP contribution in [0.4, 0.5) is 0 Å². The Morgan fingerprint density at radius 1 is 1.28 bits per heavy atom. The molecule has 0 bridgehead atoms. The van der Waals surface area contributed by atoms with Crippen LogP contribution in [-0.2, 0) is 6.42 Å². The van der Waals surface area contributed by atoms with Gasteiger partial charge in [0.15, 0.2) is 17.5 Å². The number of nitrogens with one attached hydrogen (secondary N) is 1. The molecule has 0 spiro atoms. The zero-order valence-electron chi connectivity index (χ0n) is 15.0. The van der Waals surface area contributed by atoms with E-state index >= 15 is 0 Å². The average molecular weight is 344 g/mol. The number of quaternary nitrogens is 1. The maximum absolute atomic E-state index is 10.8. The van der Waals surface area contributed by atoms with Crippen molar-refractivity contribution < 1.29 is 24.2 Å². The van der Waals surface area contributed by atoms with Crippen LogP contribution in [0, 0.1) is 11.8 Å². The van der Waals surface area contributed by atoms with Crippen molar-refractivity contribution in [3.63, 3.8) is 0 Å². The Morgan fingerprint density at radius 2 is 2.08 bits per heavy atom. The molecule has 1 aromatic carbocycles. The van der Waals surface area contributed by atoms with E-state index < -0.39 is 5.60 Å². The van der Waals surface area contributed by atoms with Crippen LogP contribution in [0.3, 0.4) is 0 Å². The number of aliphatic hydroxyl groups is 1. The lowest BCUT2D eigenvalue weighted by atomic mass is 9.84. The molecule has 3 aliphatic rings. The first-order valence-corrected chi connectivity index (χ1v) is 9.18. The van der Waals surface area contributed by atoms with E-state index in [2.05, 4.69) is 25.0 Å². The van der Waals surface area contributed by atoms with Gasteiger partial charge in [-0.3, -0.25) is 0 Å². The number of benzene rings is 1. The second kappa shape index (κ2) is 6.44. The van der Waals surface area contributed by atoms with Crippen molar-refractivity contribution in [3.05, 3.63) is 17.2 Å². The molecule has 1 aliphatic carbocycles. The fraction of sp³-hybridized carbons (Fsp3) is 0.600. The molecule has 1 saturated carbocycles. The van der Waals surface area contributed by atoms with Gasteiger partial charge in [-0.2, -0.15) is 0 Å². The average Bonchev–Trinajstić information content (AvgIpc) is 3.08. The molecular formula is C20H26NO4+. The van der Waals surface area contributed by atoms with Gasteiger partial charge in [0, 0.05) is 6.42 Å². The quantitative estimate of drug-likeness (QED) is 0.753. The van der Waals surface area contributed by atoms with Crippen LogP contribution in [0.15, 0.2) is 6.07 Å². The Bertz CT molecular complexity index is 727. The highest BCUT2D eigenvalue weighted by Gasteiger charge is 2.36. The smallest absolute Gasteiger partial charge is 0.231 e. The molecule has 1 fully saturated rings. The van der Waals surface area contributed by atoms with E-state index in [1.807, 2.05) is 0 Å². The monoisotopic (exact) mass is 344 g/mol. The summed E-state index contributed by atoms with van der Waals surface area (Å²) < 4.78 is 16.9. The van der Waals surface area contributed by atoms with Gasteiger partial charge in [0.05, 0.1) is 26.3 Å². The van der Waals surface area contributed by atoms with Crippen LogP contribution < -0.4 is 19.1 Å². The van der Waals surface area contributed by atoms with Crippen LogP contribution in [0.5, 0.6) is 17.2 Å². The van der Waals surface area contributed by atoms with Crippen molar-refractivity contribution in [1.82, 2.24) is 0 Å². The predicted octanol–water partition coefficient (Wildman–Crippen LogP) is 1.23. The minimum absolute atomic E-state index is 0.0286. The Hall–Kier alpha value is -1.90. The summed E-state index contributed by atoms with van der Waals surface area (Å²) in [7, 11) is 3.82. The van der Waals surface area contributed by atoms with Crippen LogP contribution in [0.25, 0.3) is 0 Å². The molecule has 0 aromatic heterocycles. The van der Waals surface area contributed by atoms with Crippen molar-refractivity contribution >= 4 is 0 Å². The molecule has 25 heavy (non-hydrogen) atoms. The van der Waals surface area contributed by atoms with Gasteiger partial charge in [-0.15, -0.1) is 0 Å². The maximum Gasteiger partial charge on any atom is 0.231 e. The van der Waals surface area contributed by atoms with E-state index in [4.69, 9.17) is 14.2 Å². The molecule has 1 unspecified atom stereocenters. The lowest BCUT2D eigenvalue weighted by Gasteiger charge is -2.31. The van der Waals surface area contributed by atoms with Gasteiger partial charge in [0.2, 0.25) is 12.5 Å². The van der Waals surface area contributed by atoms with Crippen molar-refractivity contribution in [3.8, 4) is 29.1 Å². The van der Waals surface area contributed by atoms with Gasteiger partial charge in [0.1, 0.15) is 5.60 Å². The van der Waals surface area contributed by atoms with Crippen LogP contribution in [-0.4, -0.2) is 38.2 Å². The largest absolute Gasteiger partial charge is 0.492 e. The lowest BCUT2D eigenvalue weighted by Crippen LogP contribution is -3.10. The van der Waals surface area contributed by atoms with Gasteiger partial charge < -0.3 is 24.2 Å². The summed E-state index contributed by atoms with van der Waals surface area (Å²) >= 11 is 0. The van der Waals surface area contributed by atoms with E-state index in [0.717, 1.165) is 55.7 Å². The second-order valence-electron chi connectivity index (χ2n) is 7.36. The molecule has 1 aromatic rings. The standard InChI is InChI=1S/C20H25NO4/c1-21-11-7-14-12-16-18(25-13-24-16)19(23-2)17(14)15(21)6-10-20(22)8-4-3-5-9-20/h12,15,22H,3-5,7-9,11,13H2,1-2H3/p+1/t15-/m1/s1. The number of likely N-dealkylation sites (N-methyl/N-ethyl adjacent to an activating group) is 1. The highest BCUT2D eigenvalue weighted by atomic mass is 16.7. The molecule has 0 radical (unpaired) electrons. The fourth-order valence-corrected chi connectivity index (χ4v) is 4.19. The third kappa shape index (κ3) is 2.94. The van der Waals surface area contributed by atoms with Crippen LogP contribution in [0.1, 0.15) is 49.3 Å². The highest BCUT2D eigenvalue weighted by molar-refractivity contribution is 5.62. The van der Waals surface area contributed by atoms with Gasteiger partial charge >= 0.3 is 0 Å². The molecule has 134 valence electrons. The van der Waals surface area contributed by atoms with Crippen molar-refractivity contribution in [2.45, 2.75) is 50.2 Å². The van der Waals surface area contributed by atoms with E-state index in [9.17, 15) is 5.11 Å². The fourth-order valence-electron chi connectivity index (χ4n) is 4.19. The topological polar surface area (TPSA) is 52.4 Å². The molecular weight excluding hydrogens is 318 g/mol. The van der Waals surface area contributed by atoms with Gasteiger partial charge in [-0.05, 0) is 43.2 Å². The third-order valence-electron chi connectivity index (χ3n) is 5.65. The van der Waals surface area contributed by atoms with Crippen LogP contribution >= 0.6 is 0 Å².